The van der Waals surface area contributed by atoms with Crippen molar-refractivity contribution in [2.24, 2.45) is 5.73 Å². The van der Waals surface area contributed by atoms with Crippen molar-refractivity contribution in [2.75, 3.05) is 30.8 Å². The van der Waals surface area contributed by atoms with Crippen LogP contribution in [0.4, 0.5) is 11.4 Å². The van der Waals surface area contributed by atoms with Crippen molar-refractivity contribution in [1.29, 1.82) is 0 Å². The molecular weight excluding hydrogens is 276 g/mol. The number of nitrogens with one attached hydrogen (secondary N) is 3. The van der Waals surface area contributed by atoms with Crippen molar-refractivity contribution in [1.82, 2.24) is 5.32 Å². The highest BCUT2D eigenvalue weighted by Gasteiger charge is 2.09. The topological polar surface area (TPSA) is 123 Å². The Morgan fingerprint density at radius 1 is 1.19 bits per heavy atom. The van der Waals surface area contributed by atoms with Crippen LogP contribution in [0.15, 0.2) is 18.2 Å². The van der Waals surface area contributed by atoms with Gasteiger partial charge in [0.05, 0.1) is 25.9 Å². The molecule has 8 nitrogen and oxygen atoms in total. The van der Waals surface area contributed by atoms with Gasteiger partial charge in [0, 0.05) is 18.7 Å². The minimum absolute atomic E-state index is 0.174. The van der Waals surface area contributed by atoms with Gasteiger partial charge in [-0.05, 0) is 12.1 Å². The summed E-state index contributed by atoms with van der Waals surface area (Å²) in [6, 6.07) is 4.78. The highest BCUT2D eigenvalue weighted by atomic mass is 16.5. The minimum Gasteiger partial charge on any atom is -0.494 e. The molecule has 0 radical (unpaired) electrons. The fourth-order valence-electron chi connectivity index (χ4n) is 1.52. The van der Waals surface area contributed by atoms with Crippen molar-refractivity contribution >= 4 is 29.1 Å². The first-order valence-electron chi connectivity index (χ1n) is 6.18. The lowest BCUT2D eigenvalue weighted by Crippen LogP contribution is -2.36. The smallest absolute Gasteiger partial charge is 0.243 e. The van der Waals surface area contributed by atoms with Gasteiger partial charge in [-0.25, -0.2) is 0 Å². The Bertz CT molecular complexity index is 545. The molecular formula is C13H18N4O4. The predicted octanol–water partition coefficient (Wildman–Crippen LogP) is -0.333. The van der Waals surface area contributed by atoms with Gasteiger partial charge in [0.2, 0.25) is 17.7 Å². The zero-order valence-electron chi connectivity index (χ0n) is 11.9. The zero-order chi connectivity index (χ0) is 15.8. The highest BCUT2D eigenvalue weighted by molar-refractivity contribution is 5.96. The second-order valence-corrected chi connectivity index (χ2v) is 4.13. The largest absolute Gasteiger partial charge is 0.494 e. The number of nitrogens with two attached hydrogens (primary N) is 1. The number of rotatable bonds is 6. The molecule has 0 atom stereocenters. The molecule has 0 saturated carbocycles. The van der Waals surface area contributed by atoms with E-state index < -0.39 is 11.8 Å². The third kappa shape index (κ3) is 5.49. The summed E-state index contributed by atoms with van der Waals surface area (Å²) in [6.07, 6.45) is 0. The molecule has 0 spiro atoms. The van der Waals surface area contributed by atoms with E-state index in [1.54, 1.807) is 18.2 Å². The number of benzene rings is 1. The molecule has 114 valence electrons. The van der Waals surface area contributed by atoms with Crippen LogP contribution in [0.3, 0.4) is 0 Å². The Balaban J connectivity index is 2.69. The first-order valence-corrected chi connectivity index (χ1v) is 6.18. The van der Waals surface area contributed by atoms with E-state index in [-0.39, 0.29) is 19.0 Å². The molecule has 3 amide bonds. The quantitative estimate of drug-likeness (QED) is 0.572. The molecule has 0 saturated heterocycles. The molecule has 0 heterocycles. The molecule has 1 aromatic carbocycles. The summed E-state index contributed by atoms with van der Waals surface area (Å²) < 4.78 is 5.13. The molecule has 0 aliphatic carbocycles. The minimum atomic E-state index is -0.413. The summed E-state index contributed by atoms with van der Waals surface area (Å²) in [6.45, 7) is 1.04. The Morgan fingerprint density at radius 3 is 2.48 bits per heavy atom. The summed E-state index contributed by atoms with van der Waals surface area (Å²) in [5.74, 6) is -0.626. The van der Waals surface area contributed by atoms with Crippen molar-refractivity contribution in [3.63, 3.8) is 0 Å². The van der Waals surface area contributed by atoms with Gasteiger partial charge in [-0.3, -0.25) is 14.4 Å². The average molecular weight is 294 g/mol. The lowest BCUT2D eigenvalue weighted by Gasteiger charge is -2.12. The Morgan fingerprint density at radius 2 is 1.90 bits per heavy atom. The normalized spacial score (nSPS) is 9.67. The van der Waals surface area contributed by atoms with Crippen LogP contribution >= 0.6 is 0 Å². The van der Waals surface area contributed by atoms with Crippen LogP contribution in [0.2, 0.25) is 0 Å². The number of hydrogen-bond donors (Lipinski definition) is 4. The molecule has 0 unspecified atom stereocenters. The predicted molar refractivity (Wildman–Crippen MR) is 78.0 cm³/mol. The first-order chi connectivity index (χ1) is 9.96. The SMILES string of the molecule is COc1cc(NC(=O)CNC(=O)CN)ccc1NC(C)=O. The fraction of sp³-hybridized carbons (Fsp3) is 0.308. The van der Waals surface area contributed by atoms with Gasteiger partial charge in [-0.2, -0.15) is 0 Å². The molecule has 0 aliphatic heterocycles. The molecule has 8 heteroatoms. The number of carbonyl (C=O) groups is 3. The van der Waals surface area contributed by atoms with E-state index in [9.17, 15) is 14.4 Å². The number of methoxy groups -OCH3 is 1. The summed E-state index contributed by atoms with van der Waals surface area (Å²) in [5.41, 5.74) is 6.09. The second-order valence-electron chi connectivity index (χ2n) is 4.13. The summed E-state index contributed by atoms with van der Waals surface area (Å²) in [5, 5.41) is 7.55. The first kappa shape index (κ1) is 16.4. The maximum atomic E-state index is 11.6. The van der Waals surface area contributed by atoms with E-state index in [4.69, 9.17) is 10.5 Å². The van der Waals surface area contributed by atoms with Crippen LogP contribution in [0.1, 0.15) is 6.92 Å². The molecule has 0 bridgehead atoms. The number of ether oxygens (including phenoxy) is 1. The lowest BCUT2D eigenvalue weighted by molar-refractivity contribution is -0.123. The summed E-state index contributed by atoms with van der Waals surface area (Å²) in [7, 11) is 1.45. The van der Waals surface area contributed by atoms with E-state index in [1.165, 1.54) is 14.0 Å². The molecule has 5 N–H and O–H groups in total. The number of anilines is 2. The Labute approximate surface area is 122 Å². The molecule has 0 aliphatic rings. The molecule has 1 rings (SSSR count). The van der Waals surface area contributed by atoms with Crippen molar-refractivity contribution in [2.45, 2.75) is 6.92 Å². The van der Waals surface area contributed by atoms with E-state index in [2.05, 4.69) is 16.0 Å². The van der Waals surface area contributed by atoms with Crippen LogP contribution < -0.4 is 26.4 Å². The maximum Gasteiger partial charge on any atom is 0.243 e. The maximum absolute atomic E-state index is 11.6. The summed E-state index contributed by atoms with van der Waals surface area (Å²) >= 11 is 0. The number of carbonyl (C=O) groups excluding carboxylic acids is 3. The second kappa shape index (κ2) is 7.85. The van der Waals surface area contributed by atoms with Gasteiger partial charge in [0.15, 0.2) is 0 Å². The van der Waals surface area contributed by atoms with Crippen LogP contribution in [0, 0.1) is 0 Å². The molecule has 0 aromatic heterocycles. The van der Waals surface area contributed by atoms with E-state index in [0.717, 1.165) is 0 Å². The molecule has 1 aromatic rings. The standard InChI is InChI=1S/C13H18N4O4/c1-8(18)16-10-4-3-9(5-11(10)21-2)17-13(20)7-15-12(19)6-14/h3-5H,6-7,14H2,1-2H3,(H,15,19)(H,16,18)(H,17,20). The average Bonchev–Trinajstić information content (AvgIpc) is 2.45. The molecule has 21 heavy (non-hydrogen) atoms. The van der Waals surface area contributed by atoms with Gasteiger partial charge < -0.3 is 26.4 Å². The van der Waals surface area contributed by atoms with Crippen LogP contribution in [-0.2, 0) is 14.4 Å². The van der Waals surface area contributed by atoms with Crippen molar-refractivity contribution in [3.05, 3.63) is 18.2 Å². The van der Waals surface area contributed by atoms with Crippen molar-refractivity contribution < 1.29 is 19.1 Å². The van der Waals surface area contributed by atoms with Gasteiger partial charge in [0.25, 0.3) is 0 Å². The zero-order valence-corrected chi connectivity index (χ0v) is 11.9. The van der Waals surface area contributed by atoms with Gasteiger partial charge in [0.1, 0.15) is 5.75 Å². The van der Waals surface area contributed by atoms with Crippen molar-refractivity contribution in [3.8, 4) is 5.75 Å². The third-order valence-corrected chi connectivity index (χ3v) is 2.43. The molecule has 0 fully saturated rings. The highest BCUT2D eigenvalue weighted by Crippen LogP contribution is 2.27. The number of hydrogen-bond acceptors (Lipinski definition) is 5. The van der Waals surface area contributed by atoms with Crippen LogP contribution in [0.25, 0.3) is 0 Å². The third-order valence-electron chi connectivity index (χ3n) is 2.43. The van der Waals surface area contributed by atoms with Gasteiger partial charge >= 0.3 is 0 Å². The van der Waals surface area contributed by atoms with Crippen LogP contribution in [-0.4, -0.2) is 37.9 Å². The monoisotopic (exact) mass is 294 g/mol. The van der Waals surface area contributed by atoms with E-state index >= 15 is 0 Å². The summed E-state index contributed by atoms with van der Waals surface area (Å²) in [4.78, 5) is 33.6. The lowest BCUT2D eigenvalue weighted by atomic mass is 10.2. The Hall–Kier alpha value is -2.61. The van der Waals surface area contributed by atoms with E-state index in [1.807, 2.05) is 0 Å². The van der Waals surface area contributed by atoms with E-state index in [0.29, 0.717) is 17.1 Å². The van der Waals surface area contributed by atoms with Crippen LogP contribution in [0.5, 0.6) is 5.75 Å². The Kier molecular flexibility index (Phi) is 6.15. The van der Waals surface area contributed by atoms with Gasteiger partial charge in [-0.15, -0.1) is 0 Å². The number of amides is 3. The fourth-order valence-corrected chi connectivity index (χ4v) is 1.52. The van der Waals surface area contributed by atoms with Gasteiger partial charge in [-0.1, -0.05) is 0 Å².